The monoisotopic (exact) mass is 246 g/mol. The van der Waals surface area contributed by atoms with Crippen molar-refractivity contribution in [3.05, 3.63) is 78.4 Å². The van der Waals surface area contributed by atoms with Gasteiger partial charge in [-0.2, -0.15) is 0 Å². The van der Waals surface area contributed by atoms with Crippen molar-refractivity contribution in [3.8, 4) is 11.1 Å². The van der Waals surface area contributed by atoms with E-state index in [9.17, 15) is 4.79 Å². The molecule has 0 amide bonds. The molecule has 2 aromatic carbocycles. The van der Waals surface area contributed by atoms with E-state index in [2.05, 4.69) is 36.4 Å². The van der Waals surface area contributed by atoms with E-state index in [-0.39, 0.29) is 5.78 Å². The summed E-state index contributed by atoms with van der Waals surface area (Å²) in [5.74, 6) is 0.171. The average Bonchev–Trinajstić information content (AvgIpc) is 2.48. The van der Waals surface area contributed by atoms with Gasteiger partial charge in [0.15, 0.2) is 5.78 Å². The summed E-state index contributed by atoms with van der Waals surface area (Å²) in [5, 5.41) is 0. The van der Waals surface area contributed by atoms with E-state index in [0.29, 0.717) is 6.42 Å². The summed E-state index contributed by atoms with van der Waals surface area (Å²) < 4.78 is 0. The molecule has 1 nitrogen and oxygen atoms in total. The minimum atomic E-state index is 0.171. The average molecular weight is 246 g/mol. The van der Waals surface area contributed by atoms with Gasteiger partial charge in [-0.25, -0.2) is 0 Å². The fourth-order valence-corrected chi connectivity index (χ4v) is 2.28. The first kappa shape index (κ1) is 11.7. The van der Waals surface area contributed by atoms with Crippen molar-refractivity contribution in [1.29, 1.82) is 0 Å². The third kappa shape index (κ3) is 2.55. The van der Waals surface area contributed by atoms with E-state index >= 15 is 0 Å². The summed E-state index contributed by atoms with van der Waals surface area (Å²) in [6.45, 7) is 0. The summed E-state index contributed by atoms with van der Waals surface area (Å²) >= 11 is 0. The molecule has 1 aliphatic carbocycles. The molecule has 1 aliphatic rings. The zero-order valence-electron chi connectivity index (χ0n) is 10.5. The van der Waals surface area contributed by atoms with Crippen LogP contribution in [0.5, 0.6) is 0 Å². The molecule has 0 aromatic heterocycles. The van der Waals surface area contributed by atoms with Crippen molar-refractivity contribution >= 4 is 11.4 Å². The molecule has 19 heavy (non-hydrogen) atoms. The second-order valence-electron chi connectivity index (χ2n) is 4.64. The van der Waals surface area contributed by atoms with Crippen molar-refractivity contribution in [2.45, 2.75) is 6.42 Å². The third-order valence-corrected chi connectivity index (χ3v) is 3.31. The Morgan fingerprint density at radius 2 is 1.37 bits per heavy atom. The Balaban J connectivity index is 1.90. The molecule has 0 atom stereocenters. The van der Waals surface area contributed by atoms with Gasteiger partial charge in [0.2, 0.25) is 0 Å². The van der Waals surface area contributed by atoms with Crippen molar-refractivity contribution < 1.29 is 4.79 Å². The maximum absolute atomic E-state index is 11.4. The molecule has 0 saturated carbocycles. The van der Waals surface area contributed by atoms with Crippen LogP contribution >= 0.6 is 0 Å². The molecule has 0 unspecified atom stereocenters. The SMILES string of the molecule is O=C1C=CC=C(c2ccc(-c3ccccc3)cc2)C1. The summed E-state index contributed by atoms with van der Waals surface area (Å²) in [6.07, 6.45) is 5.97. The lowest BCUT2D eigenvalue weighted by molar-refractivity contribution is -0.113. The summed E-state index contributed by atoms with van der Waals surface area (Å²) in [5.41, 5.74) is 4.62. The van der Waals surface area contributed by atoms with Crippen LogP contribution in [0.15, 0.2) is 72.8 Å². The maximum Gasteiger partial charge on any atom is 0.160 e. The molecule has 0 saturated heterocycles. The number of carbonyl (C=O) groups is 1. The van der Waals surface area contributed by atoms with E-state index in [0.717, 1.165) is 11.1 Å². The van der Waals surface area contributed by atoms with Gasteiger partial charge in [-0.3, -0.25) is 4.79 Å². The normalized spacial score (nSPS) is 14.3. The lowest BCUT2D eigenvalue weighted by atomic mass is 9.95. The highest BCUT2D eigenvalue weighted by atomic mass is 16.1. The van der Waals surface area contributed by atoms with Crippen LogP contribution in [0, 0.1) is 0 Å². The molecule has 0 fully saturated rings. The molecule has 3 rings (SSSR count). The maximum atomic E-state index is 11.4. The Morgan fingerprint density at radius 1 is 0.737 bits per heavy atom. The number of ketones is 1. The van der Waals surface area contributed by atoms with Crippen LogP contribution in [-0.2, 0) is 4.79 Å². The molecule has 2 aromatic rings. The van der Waals surface area contributed by atoms with Crippen LogP contribution in [0.1, 0.15) is 12.0 Å². The van der Waals surface area contributed by atoms with E-state index in [4.69, 9.17) is 0 Å². The first-order valence-corrected chi connectivity index (χ1v) is 6.39. The van der Waals surface area contributed by atoms with Crippen molar-refractivity contribution in [2.24, 2.45) is 0 Å². The van der Waals surface area contributed by atoms with Gasteiger partial charge in [0, 0.05) is 6.42 Å². The molecule has 0 aliphatic heterocycles. The highest BCUT2D eigenvalue weighted by Gasteiger charge is 2.09. The number of rotatable bonds is 2. The fourth-order valence-electron chi connectivity index (χ4n) is 2.28. The number of hydrogen-bond donors (Lipinski definition) is 0. The predicted octanol–water partition coefficient (Wildman–Crippen LogP) is 4.27. The van der Waals surface area contributed by atoms with Crippen molar-refractivity contribution in [1.82, 2.24) is 0 Å². The molecular formula is C18H14O. The Hall–Kier alpha value is -2.41. The molecule has 1 heteroatoms. The molecule has 0 bridgehead atoms. The second kappa shape index (κ2) is 5.07. The van der Waals surface area contributed by atoms with Crippen molar-refractivity contribution in [2.75, 3.05) is 0 Å². The number of allylic oxidation sites excluding steroid dienone is 4. The van der Waals surface area contributed by atoms with Crippen LogP contribution in [0.3, 0.4) is 0 Å². The van der Waals surface area contributed by atoms with Gasteiger partial charge in [0.25, 0.3) is 0 Å². The van der Waals surface area contributed by atoms with Gasteiger partial charge in [0.05, 0.1) is 0 Å². The molecule has 0 radical (unpaired) electrons. The molecule has 0 N–H and O–H groups in total. The quantitative estimate of drug-likeness (QED) is 0.773. The first-order valence-electron chi connectivity index (χ1n) is 6.39. The van der Waals surface area contributed by atoms with E-state index < -0.39 is 0 Å². The van der Waals surface area contributed by atoms with Gasteiger partial charge in [-0.15, -0.1) is 0 Å². The van der Waals surface area contributed by atoms with Gasteiger partial charge in [-0.1, -0.05) is 66.7 Å². The van der Waals surface area contributed by atoms with Gasteiger partial charge in [-0.05, 0) is 28.3 Å². The molecular weight excluding hydrogens is 232 g/mol. The van der Waals surface area contributed by atoms with E-state index in [1.807, 2.05) is 30.4 Å². The van der Waals surface area contributed by atoms with Crippen LogP contribution in [0.25, 0.3) is 16.7 Å². The Morgan fingerprint density at radius 3 is 2.05 bits per heavy atom. The summed E-state index contributed by atoms with van der Waals surface area (Å²) in [6, 6.07) is 18.7. The van der Waals surface area contributed by atoms with Crippen molar-refractivity contribution in [3.63, 3.8) is 0 Å². The smallest absolute Gasteiger partial charge is 0.160 e. The lowest BCUT2D eigenvalue weighted by Gasteiger charge is -2.09. The zero-order valence-corrected chi connectivity index (χ0v) is 10.5. The minimum Gasteiger partial charge on any atom is -0.294 e. The molecule has 0 heterocycles. The largest absolute Gasteiger partial charge is 0.294 e. The number of carbonyl (C=O) groups excluding carboxylic acids is 1. The first-order chi connectivity index (χ1) is 9.33. The highest BCUT2D eigenvalue weighted by Crippen LogP contribution is 2.25. The second-order valence-corrected chi connectivity index (χ2v) is 4.64. The number of benzene rings is 2. The molecule has 0 spiro atoms. The molecule has 92 valence electrons. The van der Waals surface area contributed by atoms with Gasteiger partial charge >= 0.3 is 0 Å². The van der Waals surface area contributed by atoms with Crippen LogP contribution in [0.2, 0.25) is 0 Å². The number of hydrogen-bond acceptors (Lipinski definition) is 1. The summed E-state index contributed by atoms with van der Waals surface area (Å²) in [7, 11) is 0. The highest BCUT2D eigenvalue weighted by molar-refractivity contribution is 6.00. The summed E-state index contributed by atoms with van der Waals surface area (Å²) in [4.78, 5) is 11.4. The van der Waals surface area contributed by atoms with Crippen LogP contribution in [-0.4, -0.2) is 5.78 Å². The topological polar surface area (TPSA) is 17.1 Å². The standard InChI is InChI=1S/C18H14O/c19-18-8-4-7-17(13-18)16-11-9-15(10-12-16)14-5-2-1-3-6-14/h1-12H,13H2. The zero-order chi connectivity index (χ0) is 13.1. The predicted molar refractivity (Wildman–Crippen MR) is 78.6 cm³/mol. The van der Waals surface area contributed by atoms with Gasteiger partial charge < -0.3 is 0 Å². The Kier molecular flexibility index (Phi) is 3.11. The Bertz CT molecular complexity index is 646. The minimum absolute atomic E-state index is 0.171. The van der Waals surface area contributed by atoms with Crippen LogP contribution in [0.4, 0.5) is 0 Å². The lowest BCUT2D eigenvalue weighted by Crippen LogP contribution is -1.98. The van der Waals surface area contributed by atoms with Gasteiger partial charge in [0.1, 0.15) is 0 Å². The van der Waals surface area contributed by atoms with Crippen LogP contribution < -0.4 is 0 Å². The third-order valence-electron chi connectivity index (χ3n) is 3.31. The fraction of sp³-hybridized carbons (Fsp3) is 0.0556. The van der Waals surface area contributed by atoms with E-state index in [1.54, 1.807) is 6.08 Å². The Labute approximate surface area is 112 Å². The van der Waals surface area contributed by atoms with E-state index in [1.165, 1.54) is 11.1 Å².